The number of rotatable bonds is 2. The van der Waals surface area contributed by atoms with E-state index in [0.29, 0.717) is 0 Å². The van der Waals surface area contributed by atoms with Crippen LogP contribution >= 0.6 is 0 Å². The highest BCUT2D eigenvalue weighted by molar-refractivity contribution is 5.74. The lowest BCUT2D eigenvalue weighted by Gasteiger charge is -2.34. The minimum atomic E-state index is 0.728. The van der Waals surface area contributed by atoms with E-state index in [1.807, 2.05) is 0 Å². The molecule has 112 valence electrons. The van der Waals surface area contributed by atoms with Crippen molar-refractivity contribution in [3.63, 3.8) is 0 Å². The minimum absolute atomic E-state index is 0.728. The lowest BCUT2D eigenvalue weighted by atomic mass is 10.0. The molecule has 2 aliphatic heterocycles. The van der Waals surface area contributed by atoms with E-state index in [1.54, 1.807) is 0 Å². The molecule has 0 aromatic heterocycles. The van der Waals surface area contributed by atoms with E-state index < -0.39 is 0 Å². The molecule has 0 saturated carbocycles. The Labute approximate surface area is 125 Å². The third-order valence-corrected chi connectivity index (χ3v) is 4.06. The van der Waals surface area contributed by atoms with Crippen molar-refractivity contribution >= 4 is 11.4 Å². The smallest absolute Gasteiger partial charge is 0.104 e. The van der Waals surface area contributed by atoms with Crippen molar-refractivity contribution in [3.05, 3.63) is 23.3 Å². The molecule has 0 radical (unpaired) electrons. The van der Waals surface area contributed by atoms with Crippen LogP contribution in [0.4, 0.5) is 11.4 Å². The maximum Gasteiger partial charge on any atom is 0.104 e. The number of hydrogen-bond donors (Lipinski definition) is 0. The van der Waals surface area contributed by atoms with Crippen LogP contribution in [0.5, 0.6) is 0 Å². The summed E-state index contributed by atoms with van der Waals surface area (Å²) in [6.45, 7) is 8.40. The van der Waals surface area contributed by atoms with Crippen molar-refractivity contribution in [1.29, 1.82) is 5.26 Å². The molecule has 0 atom stereocenters. The Morgan fingerprint density at radius 3 is 1.71 bits per heavy atom. The fourth-order valence-corrected chi connectivity index (χ4v) is 2.97. The van der Waals surface area contributed by atoms with Crippen LogP contribution < -0.4 is 9.80 Å². The van der Waals surface area contributed by atoms with Gasteiger partial charge in [0, 0.05) is 26.2 Å². The molecule has 2 aliphatic rings. The second kappa shape index (κ2) is 6.33. The molecule has 2 saturated heterocycles. The molecule has 1 aromatic rings. The van der Waals surface area contributed by atoms with Gasteiger partial charge in [-0.1, -0.05) is 0 Å². The summed E-state index contributed by atoms with van der Waals surface area (Å²) in [4.78, 5) is 4.53. The van der Waals surface area contributed by atoms with Crippen LogP contribution in [0.15, 0.2) is 12.1 Å². The largest absolute Gasteiger partial charge is 0.378 e. The quantitative estimate of drug-likeness (QED) is 0.826. The standard InChI is InChI=1S/C16H21N3O2/c1-13-10-15(18-2-6-20-7-3-18)14(12-17)16(11-13)19-4-8-21-9-5-19/h10-11H,2-9H2,1H3. The fourth-order valence-electron chi connectivity index (χ4n) is 2.97. The molecule has 5 heteroatoms. The average molecular weight is 287 g/mol. The highest BCUT2D eigenvalue weighted by atomic mass is 16.5. The molecule has 2 heterocycles. The van der Waals surface area contributed by atoms with Gasteiger partial charge in [-0.25, -0.2) is 0 Å². The van der Waals surface area contributed by atoms with Gasteiger partial charge in [-0.05, 0) is 24.6 Å². The first kappa shape index (κ1) is 14.2. The molecule has 5 nitrogen and oxygen atoms in total. The van der Waals surface area contributed by atoms with E-state index in [4.69, 9.17) is 9.47 Å². The summed E-state index contributed by atoms with van der Waals surface area (Å²) < 4.78 is 10.8. The zero-order valence-corrected chi connectivity index (χ0v) is 12.5. The minimum Gasteiger partial charge on any atom is -0.378 e. The van der Waals surface area contributed by atoms with Gasteiger partial charge >= 0.3 is 0 Å². The normalized spacial score (nSPS) is 19.4. The Bertz CT molecular complexity index is 502. The zero-order valence-electron chi connectivity index (χ0n) is 12.5. The SMILES string of the molecule is Cc1cc(N2CCOCC2)c(C#N)c(N2CCOCC2)c1. The van der Waals surface area contributed by atoms with Gasteiger partial charge in [0.05, 0.1) is 43.4 Å². The molecular weight excluding hydrogens is 266 g/mol. The van der Waals surface area contributed by atoms with Crippen molar-refractivity contribution in [2.45, 2.75) is 6.92 Å². The van der Waals surface area contributed by atoms with E-state index in [1.165, 1.54) is 5.56 Å². The van der Waals surface area contributed by atoms with Crippen LogP contribution in [0, 0.1) is 18.3 Å². The molecule has 0 N–H and O–H groups in total. The second-order valence-electron chi connectivity index (χ2n) is 5.49. The van der Waals surface area contributed by atoms with E-state index >= 15 is 0 Å². The Morgan fingerprint density at radius 1 is 0.905 bits per heavy atom. The number of aryl methyl sites for hydroxylation is 1. The first-order valence-electron chi connectivity index (χ1n) is 7.50. The predicted molar refractivity (Wildman–Crippen MR) is 82.0 cm³/mol. The van der Waals surface area contributed by atoms with Gasteiger partial charge in [-0.2, -0.15) is 5.26 Å². The van der Waals surface area contributed by atoms with Gasteiger partial charge in [0.2, 0.25) is 0 Å². The van der Waals surface area contributed by atoms with Gasteiger partial charge in [-0.15, -0.1) is 0 Å². The number of benzene rings is 1. The molecular formula is C16H21N3O2. The summed E-state index contributed by atoms with van der Waals surface area (Å²) in [5, 5.41) is 9.69. The summed E-state index contributed by atoms with van der Waals surface area (Å²) in [5.41, 5.74) is 4.06. The highest BCUT2D eigenvalue weighted by Crippen LogP contribution is 2.32. The molecule has 0 unspecified atom stereocenters. The maximum absolute atomic E-state index is 9.69. The molecule has 0 aliphatic carbocycles. The highest BCUT2D eigenvalue weighted by Gasteiger charge is 2.22. The number of nitriles is 1. The van der Waals surface area contributed by atoms with Gasteiger partial charge in [-0.3, -0.25) is 0 Å². The van der Waals surface area contributed by atoms with Crippen LogP contribution in [0.3, 0.4) is 0 Å². The number of hydrogen-bond acceptors (Lipinski definition) is 5. The Kier molecular flexibility index (Phi) is 4.28. The molecule has 2 fully saturated rings. The number of morpholine rings is 2. The van der Waals surface area contributed by atoms with E-state index in [-0.39, 0.29) is 0 Å². The third-order valence-electron chi connectivity index (χ3n) is 4.06. The monoisotopic (exact) mass is 287 g/mol. The number of ether oxygens (including phenoxy) is 2. The van der Waals surface area contributed by atoms with Crippen molar-refractivity contribution < 1.29 is 9.47 Å². The van der Waals surface area contributed by atoms with E-state index in [2.05, 4.69) is 34.9 Å². The first-order chi connectivity index (χ1) is 10.3. The van der Waals surface area contributed by atoms with Crippen molar-refractivity contribution in [3.8, 4) is 6.07 Å². The summed E-state index contributed by atoms with van der Waals surface area (Å²) >= 11 is 0. The average Bonchev–Trinajstić information content (AvgIpc) is 2.55. The predicted octanol–water partition coefficient (Wildman–Crippen LogP) is 1.54. The third kappa shape index (κ3) is 2.97. The summed E-state index contributed by atoms with van der Waals surface area (Å²) in [7, 11) is 0. The van der Waals surface area contributed by atoms with Crippen LogP contribution in [0.2, 0.25) is 0 Å². The zero-order chi connectivity index (χ0) is 14.7. The van der Waals surface area contributed by atoms with E-state index in [9.17, 15) is 5.26 Å². The lowest BCUT2D eigenvalue weighted by Crippen LogP contribution is -2.39. The summed E-state index contributed by atoms with van der Waals surface area (Å²) in [6.07, 6.45) is 0. The Hall–Kier alpha value is -1.77. The topological polar surface area (TPSA) is 48.7 Å². The summed E-state index contributed by atoms with van der Waals surface area (Å²) in [5.74, 6) is 0. The first-order valence-corrected chi connectivity index (χ1v) is 7.50. The summed E-state index contributed by atoms with van der Waals surface area (Å²) in [6, 6.07) is 6.66. The van der Waals surface area contributed by atoms with Gasteiger partial charge < -0.3 is 19.3 Å². The lowest BCUT2D eigenvalue weighted by molar-refractivity contribution is 0.122. The number of nitrogens with zero attached hydrogens (tertiary/aromatic N) is 3. The maximum atomic E-state index is 9.69. The Morgan fingerprint density at radius 2 is 1.33 bits per heavy atom. The molecule has 0 amide bonds. The molecule has 1 aromatic carbocycles. The van der Waals surface area contributed by atoms with Crippen LogP contribution in [0.25, 0.3) is 0 Å². The molecule has 0 spiro atoms. The van der Waals surface area contributed by atoms with Crippen molar-refractivity contribution in [2.75, 3.05) is 62.4 Å². The molecule has 0 bridgehead atoms. The van der Waals surface area contributed by atoms with Crippen molar-refractivity contribution in [1.82, 2.24) is 0 Å². The van der Waals surface area contributed by atoms with Crippen molar-refractivity contribution in [2.24, 2.45) is 0 Å². The van der Waals surface area contributed by atoms with Crippen LogP contribution in [0.1, 0.15) is 11.1 Å². The van der Waals surface area contributed by atoms with Crippen LogP contribution in [-0.4, -0.2) is 52.6 Å². The van der Waals surface area contributed by atoms with Gasteiger partial charge in [0.15, 0.2) is 0 Å². The van der Waals surface area contributed by atoms with Gasteiger partial charge in [0.25, 0.3) is 0 Å². The fraction of sp³-hybridized carbons (Fsp3) is 0.562. The second-order valence-corrected chi connectivity index (χ2v) is 5.49. The van der Waals surface area contributed by atoms with E-state index in [0.717, 1.165) is 69.5 Å². The molecule has 21 heavy (non-hydrogen) atoms. The Balaban J connectivity index is 1.99. The molecule has 3 rings (SSSR count). The van der Waals surface area contributed by atoms with Crippen LogP contribution in [-0.2, 0) is 9.47 Å². The number of anilines is 2. The van der Waals surface area contributed by atoms with Gasteiger partial charge in [0.1, 0.15) is 6.07 Å².